The van der Waals surface area contributed by atoms with Crippen LogP contribution in [-0.2, 0) is 4.74 Å². The summed E-state index contributed by atoms with van der Waals surface area (Å²) >= 11 is 1.47. The van der Waals surface area contributed by atoms with Crippen LogP contribution in [0.1, 0.15) is 23.3 Å². The Balaban J connectivity index is 2.04. The molecule has 0 bridgehead atoms. The van der Waals surface area contributed by atoms with Gasteiger partial charge >= 0.3 is 0 Å². The maximum Gasteiger partial charge on any atom is 0.185 e. The Hall–Kier alpha value is -0.740. The van der Waals surface area contributed by atoms with Gasteiger partial charge in [-0.05, 0) is 12.8 Å². The van der Waals surface area contributed by atoms with Crippen LogP contribution in [0.25, 0.3) is 0 Å². The van der Waals surface area contributed by atoms with Crippen molar-refractivity contribution in [2.24, 2.45) is 5.92 Å². The summed E-state index contributed by atoms with van der Waals surface area (Å²) in [7, 11) is 0. The van der Waals surface area contributed by atoms with Crippen molar-refractivity contribution in [2.75, 3.05) is 13.2 Å². The van der Waals surface area contributed by atoms with Crippen molar-refractivity contribution in [3.63, 3.8) is 0 Å². The number of nitrogens with zero attached hydrogens (tertiary/aromatic N) is 1. The number of rotatable bonds is 2. The van der Waals surface area contributed by atoms with Crippen LogP contribution >= 0.6 is 11.3 Å². The van der Waals surface area contributed by atoms with Crippen LogP contribution in [0, 0.1) is 5.92 Å². The monoisotopic (exact) mass is 197 g/mol. The van der Waals surface area contributed by atoms with Gasteiger partial charge in [-0.25, -0.2) is 4.98 Å². The van der Waals surface area contributed by atoms with Crippen molar-refractivity contribution in [2.45, 2.75) is 12.8 Å². The fraction of sp³-hybridized carbons (Fsp3) is 0.556. The van der Waals surface area contributed by atoms with Crippen LogP contribution in [0.2, 0.25) is 0 Å². The third kappa shape index (κ3) is 1.95. The van der Waals surface area contributed by atoms with Crippen LogP contribution in [-0.4, -0.2) is 24.0 Å². The van der Waals surface area contributed by atoms with E-state index in [2.05, 4.69) is 4.98 Å². The zero-order chi connectivity index (χ0) is 9.10. The van der Waals surface area contributed by atoms with Gasteiger partial charge in [0.1, 0.15) is 5.69 Å². The zero-order valence-corrected chi connectivity index (χ0v) is 8.05. The number of carbonyl (C=O) groups is 1. The number of thiazole rings is 1. The summed E-state index contributed by atoms with van der Waals surface area (Å²) in [5, 5.41) is 1.82. The Kier molecular flexibility index (Phi) is 2.71. The summed E-state index contributed by atoms with van der Waals surface area (Å²) < 4.78 is 5.20. The molecule has 0 N–H and O–H groups in total. The molecule has 0 spiro atoms. The molecule has 2 rings (SSSR count). The molecule has 13 heavy (non-hydrogen) atoms. The van der Waals surface area contributed by atoms with Gasteiger partial charge in [0.05, 0.1) is 5.51 Å². The molecule has 0 amide bonds. The predicted molar refractivity (Wildman–Crippen MR) is 50.0 cm³/mol. The molecule has 1 aliphatic heterocycles. The minimum absolute atomic E-state index is 0.135. The molecule has 2 heterocycles. The lowest BCUT2D eigenvalue weighted by Gasteiger charge is -2.19. The highest BCUT2D eigenvalue weighted by molar-refractivity contribution is 7.07. The first-order valence-corrected chi connectivity index (χ1v) is 5.32. The van der Waals surface area contributed by atoms with Gasteiger partial charge in [0.25, 0.3) is 0 Å². The van der Waals surface area contributed by atoms with Crippen molar-refractivity contribution in [1.82, 2.24) is 4.98 Å². The molecule has 0 unspecified atom stereocenters. The van der Waals surface area contributed by atoms with Crippen molar-refractivity contribution in [3.05, 3.63) is 16.6 Å². The standard InChI is InChI=1S/C9H11NO2S/c11-9(8-5-13-6-10-8)7-1-3-12-4-2-7/h5-7H,1-4H2. The van der Waals surface area contributed by atoms with E-state index >= 15 is 0 Å². The second-order valence-corrected chi connectivity index (χ2v) is 3.84. The summed E-state index contributed by atoms with van der Waals surface area (Å²) in [5.41, 5.74) is 2.32. The quantitative estimate of drug-likeness (QED) is 0.678. The molecule has 1 aromatic heterocycles. The summed E-state index contributed by atoms with van der Waals surface area (Å²) in [4.78, 5) is 15.8. The Morgan fingerprint density at radius 3 is 2.92 bits per heavy atom. The normalized spacial score (nSPS) is 18.8. The van der Waals surface area contributed by atoms with Crippen molar-refractivity contribution in [1.29, 1.82) is 0 Å². The van der Waals surface area contributed by atoms with Gasteiger partial charge in [0, 0.05) is 24.5 Å². The molecule has 0 saturated carbocycles. The number of ether oxygens (including phenoxy) is 1. The molecule has 1 saturated heterocycles. The Labute approximate surface area is 80.8 Å². The van der Waals surface area contributed by atoms with Crippen molar-refractivity contribution < 1.29 is 9.53 Å². The lowest BCUT2D eigenvalue weighted by molar-refractivity contribution is 0.0542. The highest BCUT2D eigenvalue weighted by atomic mass is 32.1. The van der Waals surface area contributed by atoms with Gasteiger partial charge in [-0.2, -0.15) is 0 Å². The van der Waals surface area contributed by atoms with Crippen LogP contribution in [0.15, 0.2) is 10.9 Å². The first-order chi connectivity index (χ1) is 6.38. The topological polar surface area (TPSA) is 39.2 Å². The number of aromatic nitrogens is 1. The van der Waals surface area contributed by atoms with Gasteiger partial charge in [-0.15, -0.1) is 11.3 Å². The van der Waals surface area contributed by atoms with Gasteiger partial charge in [0.15, 0.2) is 5.78 Å². The Morgan fingerprint density at radius 2 is 2.31 bits per heavy atom. The highest BCUT2D eigenvalue weighted by Gasteiger charge is 2.23. The lowest BCUT2D eigenvalue weighted by Crippen LogP contribution is -2.23. The maximum absolute atomic E-state index is 11.7. The second-order valence-electron chi connectivity index (χ2n) is 3.12. The van der Waals surface area contributed by atoms with Crippen LogP contribution in [0.4, 0.5) is 0 Å². The van der Waals surface area contributed by atoms with Gasteiger partial charge < -0.3 is 4.74 Å². The molecule has 0 atom stereocenters. The lowest BCUT2D eigenvalue weighted by atomic mass is 9.94. The van der Waals surface area contributed by atoms with Crippen molar-refractivity contribution >= 4 is 17.1 Å². The highest BCUT2D eigenvalue weighted by Crippen LogP contribution is 2.19. The van der Waals surface area contributed by atoms with Crippen LogP contribution in [0.5, 0.6) is 0 Å². The number of hydrogen-bond donors (Lipinski definition) is 0. The fourth-order valence-corrected chi connectivity index (χ4v) is 2.04. The molecule has 3 nitrogen and oxygen atoms in total. The summed E-state index contributed by atoms with van der Waals surface area (Å²) in [5.74, 6) is 0.320. The smallest absolute Gasteiger partial charge is 0.185 e. The predicted octanol–water partition coefficient (Wildman–Crippen LogP) is 1.75. The molecular weight excluding hydrogens is 186 g/mol. The Bertz CT molecular complexity index is 278. The number of ketones is 1. The molecule has 4 heteroatoms. The first-order valence-electron chi connectivity index (χ1n) is 4.38. The van der Waals surface area contributed by atoms with E-state index in [-0.39, 0.29) is 11.7 Å². The molecule has 0 aliphatic carbocycles. The van der Waals surface area contributed by atoms with E-state index in [4.69, 9.17) is 4.74 Å². The minimum atomic E-state index is 0.135. The molecular formula is C9H11NO2S. The SMILES string of the molecule is O=C(c1cscn1)C1CCOCC1. The molecule has 0 radical (unpaired) electrons. The second kappa shape index (κ2) is 3.98. The van der Waals surface area contributed by atoms with E-state index in [9.17, 15) is 4.79 Å². The van der Waals surface area contributed by atoms with E-state index in [1.165, 1.54) is 11.3 Å². The average molecular weight is 197 g/mol. The van der Waals surface area contributed by atoms with E-state index in [0.29, 0.717) is 18.9 Å². The van der Waals surface area contributed by atoms with Gasteiger partial charge in [0.2, 0.25) is 0 Å². The van der Waals surface area contributed by atoms with E-state index in [1.807, 2.05) is 5.38 Å². The Morgan fingerprint density at radius 1 is 1.54 bits per heavy atom. The number of Topliss-reactive ketones (excluding diaryl/α,β-unsaturated/α-hetero) is 1. The largest absolute Gasteiger partial charge is 0.381 e. The fourth-order valence-electron chi connectivity index (χ4n) is 1.50. The average Bonchev–Trinajstić information content (AvgIpc) is 2.71. The first kappa shape index (κ1) is 8.84. The van der Waals surface area contributed by atoms with E-state index in [1.54, 1.807) is 5.51 Å². The summed E-state index contributed by atoms with van der Waals surface area (Å²) in [6.07, 6.45) is 1.69. The number of hydrogen-bond acceptors (Lipinski definition) is 4. The minimum Gasteiger partial charge on any atom is -0.381 e. The van der Waals surface area contributed by atoms with Gasteiger partial charge in [-0.3, -0.25) is 4.79 Å². The van der Waals surface area contributed by atoms with Gasteiger partial charge in [-0.1, -0.05) is 0 Å². The van der Waals surface area contributed by atoms with Crippen LogP contribution < -0.4 is 0 Å². The molecule has 1 aliphatic rings. The van der Waals surface area contributed by atoms with Crippen molar-refractivity contribution in [3.8, 4) is 0 Å². The number of carbonyl (C=O) groups excluding carboxylic acids is 1. The third-order valence-corrected chi connectivity index (χ3v) is 2.86. The van der Waals surface area contributed by atoms with E-state index < -0.39 is 0 Å². The maximum atomic E-state index is 11.7. The molecule has 1 fully saturated rings. The summed E-state index contributed by atoms with van der Waals surface area (Å²) in [6.45, 7) is 1.42. The third-order valence-electron chi connectivity index (χ3n) is 2.28. The summed E-state index contributed by atoms with van der Waals surface area (Å²) in [6, 6.07) is 0. The molecule has 1 aromatic rings. The van der Waals surface area contributed by atoms with Crippen LogP contribution in [0.3, 0.4) is 0 Å². The van der Waals surface area contributed by atoms with E-state index in [0.717, 1.165) is 12.8 Å². The molecule has 70 valence electrons. The molecule has 0 aromatic carbocycles. The zero-order valence-electron chi connectivity index (χ0n) is 7.23.